The average Bonchev–Trinajstić information content (AvgIpc) is 2.96. The van der Waals surface area contributed by atoms with E-state index in [1.807, 2.05) is 0 Å². The molecular weight excluding hydrogens is 283 g/mol. The molecule has 0 aliphatic carbocycles. The first-order chi connectivity index (χ1) is 9.26. The molecule has 1 aliphatic rings. The first-order valence-electron chi connectivity index (χ1n) is 5.55. The fraction of sp³-hybridized carbons (Fsp3) is 0.667. The van der Waals surface area contributed by atoms with E-state index in [4.69, 9.17) is 5.11 Å². The summed E-state index contributed by atoms with van der Waals surface area (Å²) < 4.78 is 39.8. The van der Waals surface area contributed by atoms with Crippen LogP contribution in [0.25, 0.3) is 0 Å². The number of alkyl halides is 3. The molecule has 1 aliphatic heterocycles. The topological polar surface area (TPSA) is 101 Å². The maximum Gasteiger partial charge on any atom is 0.406 e. The van der Waals surface area contributed by atoms with Crippen molar-refractivity contribution in [2.24, 2.45) is 5.41 Å². The number of nitrogens with zero attached hydrogens (tertiary/aromatic N) is 5. The van der Waals surface area contributed by atoms with Crippen molar-refractivity contribution in [3.8, 4) is 0 Å². The summed E-state index contributed by atoms with van der Waals surface area (Å²) in [4.78, 5) is 23.6. The van der Waals surface area contributed by atoms with Gasteiger partial charge in [-0.2, -0.15) is 13.2 Å². The number of hydrogen-bond acceptors (Lipinski definition) is 5. The molecule has 0 aromatic carbocycles. The molecule has 0 radical (unpaired) electrons. The monoisotopic (exact) mass is 293 g/mol. The second-order valence-corrected chi connectivity index (χ2v) is 4.46. The van der Waals surface area contributed by atoms with Gasteiger partial charge in [0.15, 0.2) is 5.41 Å². The first-order valence-corrected chi connectivity index (χ1v) is 5.55. The summed E-state index contributed by atoms with van der Waals surface area (Å²) in [6.45, 7) is -1.50. The average molecular weight is 293 g/mol. The van der Waals surface area contributed by atoms with E-state index >= 15 is 0 Å². The number of carboxylic acids is 1. The van der Waals surface area contributed by atoms with Crippen LogP contribution in [0.1, 0.15) is 6.42 Å². The number of carbonyl (C=O) groups excluding carboxylic acids is 1. The Labute approximate surface area is 110 Å². The highest BCUT2D eigenvalue weighted by atomic mass is 19.4. The van der Waals surface area contributed by atoms with Gasteiger partial charge in [-0.05, 0) is 16.8 Å². The van der Waals surface area contributed by atoms with Crippen molar-refractivity contribution in [3.05, 3.63) is 6.33 Å². The number of aliphatic carboxylic acids is 1. The van der Waals surface area contributed by atoms with Crippen LogP contribution in [0, 0.1) is 5.41 Å². The maximum atomic E-state index is 12.9. The predicted molar refractivity (Wildman–Crippen MR) is 55.1 cm³/mol. The number of hydrogen-bond donors (Lipinski definition) is 1. The highest BCUT2D eigenvalue weighted by molar-refractivity contribution is 5.81. The fourth-order valence-corrected chi connectivity index (χ4v) is 2.04. The van der Waals surface area contributed by atoms with Crippen LogP contribution in [0.15, 0.2) is 6.33 Å². The van der Waals surface area contributed by atoms with Gasteiger partial charge >= 0.3 is 12.1 Å². The van der Waals surface area contributed by atoms with E-state index in [1.165, 1.54) is 0 Å². The molecule has 0 saturated carbocycles. The summed E-state index contributed by atoms with van der Waals surface area (Å²) in [5, 5.41) is 18.8. The van der Waals surface area contributed by atoms with Crippen LogP contribution in [0.2, 0.25) is 0 Å². The second-order valence-electron chi connectivity index (χ2n) is 4.46. The smallest absolute Gasteiger partial charge is 0.406 e. The molecule has 1 unspecified atom stereocenters. The number of likely N-dealkylation sites (tertiary alicyclic amines) is 1. The lowest BCUT2D eigenvalue weighted by molar-refractivity contribution is -0.227. The van der Waals surface area contributed by atoms with E-state index in [2.05, 4.69) is 15.5 Å². The number of aromatic nitrogens is 4. The third kappa shape index (κ3) is 2.30. The van der Waals surface area contributed by atoms with Crippen LogP contribution in [0.5, 0.6) is 0 Å². The normalized spacial score (nSPS) is 23.1. The number of rotatable bonds is 3. The van der Waals surface area contributed by atoms with Crippen molar-refractivity contribution < 1.29 is 27.9 Å². The summed E-state index contributed by atoms with van der Waals surface area (Å²) >= 11 is 0. The number of amides is 1. The zero-order valence-electron chi connectivity index (χ0n) is 10.0. The van der Waals surface area contributed by atoms with Gasteiger partial charge in [-0.15, -0.1) is 5.10 Å². The SMILES string of the molecule is O=C(Cn1cnnn1)N1CCC(C(=O)O)(C(F)(F)F)C1. The minimum atomic E-state index is -4.91. The van der Waals surface area contributed by atoms with Gasteiger partial charge < -0.3 is 10.0 Å². The van der Waals surface area contributed by atoms with Gasteiger partial charge in [0.25, 0.3) is 0 Å². The molecule has 8 nitrogen and oxygen atoms in total. The van der Waals surface area contributed by atoms with Crippen LogP contribution in [0.3, 0.4) is 0 Å². The van der Waals surface area contributed by atoms with Gasteiger partial charge in [0.2, 0.25) is 5.91 Å². The Morgan fingerprint density at radius 1 is 1.40 bits per heavy atom. The van der Waals surface area contributed by atoms with Crippen molar-refractivity contribution in [2.75, 3.05) is 13.1 Å². The summed E-state index contributed by atoms with van der Waals surface area (Å²) in [5.74, 6) is -2.63. The van der Waals surface area contributed by atoms with Crippen molar-refractivity contribution in [2.45, 2.75) is 19.1 Å². The van der Waals surface area contributed by atoms with Gasteiger partial charge in [0.1, 0.15) is 12.9 Å². The minimum Gasteiger partial charge on any atom is -0.481 e. The standard InChI is InChI=1S/C9H10F3N5O3/c10-9(11,12)8(7(19)20)1-2-16(4-8)6(18)3-17-5-13-14-15-17/h5H,1-4H2,(H,19,20). The molecule has 2 heterocycles. The molecule has 110 valence electrons. The largest absolute Gasteiger partial charge is 0.481 e. The Bertz CT molecular complexity index is 517. The van der Waals surface area contributed by atoms with E-state index < -0.39 is 36.4 Å². The van der Waals surface area contributed by atoms with Gasteiger partial charge in [-0.25, -0.2) is 4.68 Å². The third-order valence-electron chi connectivity index (χ3n) is 3.26. The van der Waals surface area contributed by atoms with Crippen LogP contribution in [0.4, 0.5) is 13.2 Å². The van der Waals surface area contributed by atoms with Gasteiger partial charge in [0.05, 0.1) is 0 Å². The Hall–Kier alpha value is -2.20. The Kier molecular flexibility index (Phi) is 3.36. The van der Waals surface area contributed by atoms with Crippen molar-refractivity contribution in [3.63, 3.8) is 0 Å². The summed E-state index contributed by atoms with van der Waals surface area (Å²) in [6.07, 6.45) is -4.43. The fourth-order valence-electron chi connectivity index (χ4n) is 2.04. The number of carboxylic acid groups (broad SMARTS) is 1. The minimum absolute atomic E-state index is 0.271. The molecule has 1 N–H and O–H groups in total. The first kappa shape index (κ1) is 14.2. The maximum absolute atomic E-state index is 12.9. The number of halogens is 3. The Morgan fingerprint density at radius 3 is 2.55 bits per heavy atom. The lowest BCUT2D eigenvalue weighted by atomic mass is 9.86. The molecule has 2 rings (SSSR count). The molecule has 0 spiro atoms. The molecule has 0 bridgehead atoms. The van der Waals surface area contributed by atoms with Crippen molar-refractivity contribution in [1.29, 1.82) is 0 Å². The van der Waals surface area contributed by atoms with Crippen LogP contribution >= 0.6 is 0 Å². The highest BCUT2D eigenvalue weighted by Gasteiger charge is 2.64. The Balaban J connectivity index is 2.11. The Morgan fingerprint density at radius 2 is 2.10 bits per heavy atom. The van der Waals surface area contributed by atoms with Crippen LogP contribution < -0.4 is 0 Å². The lowest BCUT2D eigenvalue weighted by Crippen LogP contribution is -2.48. The molecule has 20 heavy (non-hydrogen) atoms. The molecule has 11 heteroatoms. The molecule has 1 atom stereocenters. The van der Waals surface area contributed by atoms with Gasteiger partial charge in [-0.1, -0.05) is 0 Å². The lowest BCUT2D eigenvalue weighted by Gasteiger charge is -2.27. The van der Waals surface area contributed by atoms with Crippen molar-refractivity contribution in [1.82, 2.24) is 25.1 Å². The van der Waals surface area contributed by atoms with E-state index in [9.17, 15) is 22.8 Å². The summed E-state index contributed by atoms with van der Waals surface area (Å²) in [6, 6.07) is 0. The van der Waals surface area contributed by atoms with E-state index in [0.717, 1.165) is 15.9 Å². The molecular formula is C9H10F3N5O3. The molecule has 1 saturated heterocycles. The van der Waals surface area contributed by atoms with Gasteiger partial charge in [0, 0.05) is 13.1 Å². The number of carbonyl (C=O) groups is 2. The summed E-state index contributed by atoms with van der Waals surface area (Å²) in [7, 11) is 0. The molecule has 1 fully saturated rings. The van der Waals surface area contributed by atoms with E-state index in [0.29, 0.717) is 0 Å². The van der Waals surface area contributed by atoms with Crippen molar-refractivity contribution >= 4 is 11.9 Å². The van der Waals surface area contributed by atoms with E-state index in [-0.39, 0.29) is 13.1 Å². The molecule has 1 aromatic heterocycles. The van der Waals surface area contributed by atoms with Crippen LogP contribution in [-0.2, 0) is 16.1 Å². The molecule has 1 amide bonds. The molecule has 1 aromatic rings. The predicted octanol–water partition coefficient (Wildman–Crippen LogP) is -0.461. The van der Waals surface area contributed by atoms with Gasteiger partial charge in [-0.3, -0.25) is 9.59 Å². The summed E-state index contributed by atoms with van der Waals surface area (Å²) in [5.41, 5.74) is -2.90. The quantitative estimate of drug-likeness (QED) is 0.809. The second kappa shape index (κ2) is 4.72. The number of tetrazole rings is 1. The zero-order valence-corrected chi connectivity index (χ0v) is 10.0. The third-order valence-corrected chi connectivity index (χ3v) is 3.26. The van der Waals surface area contributed by atoms with E-state index in [1.54, 1.807) is 0 Å². The highest BCUT2D eigenvalue weighted by Crippen LogP contribution is 2.45. The van der Waals surface area contributed by atoms with Crippen LogP contribution in [-0.4, -0.2) is 61.4 Å². The zero-order chi connectivity index (χ0) is 15.0.